The van der Waals surface area contributed by atoms with E-state index in [2.05, 4.69) is 91.4 Å². The van der Waals surface area contributed by atoms with E-state index in [0.717, 1.165) is 6.42 Å². The molecule has 8 heteroatoms. The second-order valence-corrected chi connectivity index (χ2v) is 17.6. The number of fused-ring (bicyclic) bond motifs is 4. The van der Waals surface area contributed by atoms with Crippen LogP contribution >= 0.6 is 0 Å². The van der Waals surface area contributed by atoms with Gasteiger partial charge in [-0.1, -0.05) is 81.4 Å². The quantitative estimate of drug-likeness (QED) is 0.332. The molecule has 3 aliphatic heterocycles. The second kappa shape index (κ2) is 10.6. The Morgan fingerprint density at radius 1 is 1.02 bits per heavy atom. The van der Waals surface area contributed by atoms with Crippen molar-refractivity contribution < 1.29 is 18.7 Å². The summed E-state index contributed by atoms with van der Waals surface area (Å²) in [7, 11) is -2.53. The molecular formula is C35H43N3O4Si. The second-order valence-electron chi connectivity index (χ2n) is 13.8. The van der Waals surface area contributed by atoms with Crippen molar-refractivity contribution in [2.24, 2.45) is 11.8 Å². The molecule has 4 heterocycles. The number of nitrogens with zero attached hydrogens (tertiary/aromatic N) is 3. The molecule has 226 valence electrons. The van der Waals surface area contributed by atoms with Crippen molar-refractivity contribution in [2.45, 2.75) is 90.7 Å². The van der Waals surface area contributed by atoms with Crippen LogP contribution in [-0.4, -0.2) is 53.1 Å². The van der Waals surface area contributed by atoms with Gasteiger partial charge >= 0.3 is 6.09 Å². The molecular weight excluding hydrogens is 554 g/mol. The van der Waals surface area contributed by atoms with Gasteiger partial charge in [-0.15, -0.1) is 0 Å². The highest BCUT2D eigenvalue weighted by Gasteiger charge is 2.79. The highest BCUT2D eigenvalue weighted by molar-refractivity contribution is 7.05. The molecule has 0 bridgehead atoms. The topological polar surface area (TPSA) is 73.8 Å². The van der Waals surface area contributed by atoms with Crippen LogP contribution in [0.15, 0.2) is 73.1 Å². The molecule has 6 rings (SSSR count). The maximum atomic E-state index is 14.3. The maximum absolute atomic E-state index is 14.3. The average Bonchev–Trinajstić information content (AvgIpc) is 2.96. The molecule has 3 aliphatic rings. The van der Waals surface area contributed by atoms with Gasteiger partial charge in [0, 0.05) is 5.04 Å². The van der Waals surface area contributed by atoms with Crippen molar-refractivity contribution in [1.82, 2.24) is 14.9 Å². The van der Waals surface area contributed by atoms with Gasteiger partial charge in [0.05, 0.1) is 36.3 Å². The van der Waals surface area contributed by atoms with Crippen molar-refractivity contribution >= 4 is 30.5 Å². The molecule has 7 nitrogen and oxygen atoms in total. The third-order valence-electron chi connectivity index (χ3n) is 9.22. The zero-order chi connectivity index (χ0) is 30.7. The lowest BCUT2D eigenvalue weighted by atomic mass is 9.74. The Hall–Kier alpha value is -3.49. The maximum Gasteiger partial charge on any atom is 0.415 e. The number of rotatable bonds is 6. The first-order valence-electron chi connectivity index (χ1n) is 15.4. The fourth-order valence-corrected chi connectivity index (χ4v) is 12.7. The van der Waals surface area contributed by atoms with Gasteiger partial charge in [-0.3, -0.25) is 4.90 Å². The summed E-state index contributed by atoms with van der Waals surface area (Å²) >= 11 is 0. The number of carbonyl (C=O) groups excluding carboxylic acids is 1. The smallest absolute Gasteiger partial charge is 0.415 e. The summed E-state index contributed by atoms with van der Waals surface area (Å²) in [5, 5.41) is 2.38. The minimum Gasteiger partial charge on any atom is -0.488 e. The summed E-state index contributed by atoms with van der Waals surface area (Å²) < 4.78 is 19.2. The van der Waals surface area contributed by atoms with Crippen LogP contribution in [0.4, 0.5) is 4.79 Å². The Morgan fingerprint density at radius 3 is 2.30 bits per heavy atom. The van der Waals surface area contributed by atoms with Gasteiger partial charge in [-0.25, -0.2) is 14.8 Å². The largest absolute Gasteiger partial charge is 0.488 e. The summed E-state index contributed by atoms with van der Waals surface area (Å²) in [5.41, 5.74) is 1.31. The summed E-state index contributed by atoms with van der Waals surface area (Å²) in [4.78, 5) is 25.4. The zero-order valence-electron chi connectivity index (χ0n) is 26.5. The summed E-state index contributed by atoms with van der Waals surface area (Å²) in [6, 6.07) is 19.1. The number of ether oxygens (including phenoxy) is 2. The SMILES string of the molecule is CC(C)Oc1cnc(C2=CCC(C(C)C)C(C3O[Si]4(c5ccccc5)c5ccccc5C34C)N2C(=O)OC(C)(C)C)nc1. The zero-order valence-corrected chi connectivity index (χ0v) is 27.5. The van der Waals surface area contributed by atoms with E-state index in [4.69, 9.17) is 13.9 Å². The Morgan fingerprint density at radius 2 is 1.67 bits per heavy atom. The number of amides is 1. The lowest BCUT2D eigenvalue weighted by Gasteiger charge is -2.72. The van der Waals surface area contributed by atoms with Crippen LogP contribution < -0.4 is 15.1 Å². The van der Waals surface area contributed by atoms with E-state index in [9.17, 15) is 4.79 Å². The monoisotopic (exact) mass is 597 g/mol. The first-order valence-corrected chi connectivity index (χ1v) is 17.3. The van der Waals surface area contributed by atoms with Crippen molar-refractivity contribution in [3.8, 4) is 5.75 Å². The van der Waals surface area contributed by atoms with E-state index in [1.807, 2.05) is 39.5 Å². The molecule has 1 saturated heterocycles. The van der Waals surface area contributed by atoms with Crippen LogP contribution in [0.2, 0.25) is 0 Å². The molecule has 0 N–H and O–H groups in total. The van der Waals surface area contributed by atoms with Crippen LogP contribution in [0.25, 0.3) is 5.70 Å². The number of allylic oxidation sites excluding steroid dienone is 1. The average molecular weight is 598 g/mol. The predicted octanol–water partition coefficient (Wildman–Crippen LogP) is 5.86. The van der Waals surface area contributed by atoms with Crippen LogP contribution in [0, 0.1) is 11.8 Å². The molecule has 0 saturated carbocycles. The third-order valence-corrected chi connectivity index (χ3v) is 14.2. The van der Waals surface area contributed by atoms with Gasteiger partial charge in [0.25, 0.3) is 8.32 Å². The van der Waals surface area contributed by atoms with E-state index in [1.54, 1.807) is 12.4 Å². The molecule has 1 fully saturated rings. The molecule has 0 aliphatic carbocycles. The number of carbonyl (C=O) groups is 1. The van der Waals surface area contributed by atoms with Gasteiger partial charge in [-0.2, -0.15) is 0 Å². The fourth-order valence-electron chi connectivity index (χ4n) is 7.42. The van der Waals surface area contributed by atoms with Gasteiger partial charge in [0.2, 0.25) is 0 Å². The first kappa shape index (κ1) is 29.6. The number of hydrogen-bond acceptors (Lipinski definition) is 6. The van der Waals surface area contributed by atoms with E-state index in [0.29, 0.717) is 23.2 Å². The number of aromatic nitrogens is 2. The van der Waals surface area contributed by atoms with Crippen LogP contribution in [0.3, 0.4) is 0 Å². The predicted molar refractivity (Wildman–Crippen MR) is 171 cm³/mol. The van der Waals surface area contributed by atoms with Gasteiger partial charge < -0.3 is 13.9 Å². The molecule has 5 unspecified atom stereocenters. The molecule has 2 aromatic carbocycles. The first-order chi connectivity index (χ1) is 20.4. The Balaban J connectivity index is 1.47. The molecule has 43 heavy (non-hydrogen) atoms. The van der Waals surface area contributed by atoms with Crippen LogP contribution in [-0.2, 0) is 14.2 Å². The van der Waals surface area contributed by atoms with Crippen LogP contribution in [0.5, 0.6) is 5.75 Å². The van der Waals surface area contributed by atoms with Crippen molar-refractivity contribution in [1.29, 1.82) is 0 Å². The molecule has 3 aromatic rings. The van der Waals surface area contributed by atoms with E-state index >= 15 is 0 Å². The molecule has 5 atom stereocenters. The molecule has 1 amide bonds. The van der Waals surface area contributed by atoms with Crippen molar-refractivity contribution in [2.75, 3.05) is 0 Å². The summed E-state index contributed by atoms with van der Waals surface area (Å²) in [5.74, 6) is 1.51. The Bertz CT molecular complexity index is 1530. The Labute approximate surface area is 256 Å². The third kappa shape index (κ3) is 4.61. The lowest BCUT2D eigenvalue weighted by Crippen LogP contribution is -2.95. The van der Waals surface area contributed by atoms with Crippen LogP contribution in [0.1, 0.15) is 73.2 Å². The molecule has 0 radical (unpaired) electrons. The van der Waals surface area contributed by atoms with E-state index in [1.165, 1.54) is 15.9 Å². The van der Waals surface area contributed by atoms with Gasteiger partial charge in [0.1, 0.15) is 5.60 Å². The molecule has 1 aromatic heterocycles. The standard InChI is InChI=1S/C35H43N3O4Si/c1-22(2)26-18-19-28(32-36-20-24(21-37-32)40-23(3)4)38(33(39)41-34(5,6)7)30(26)31-35(8)27-16-12-13-17-29(27)43(35,42-31)25-14-10-9-11-15-25/h9-17,19-23,26,30-31H,18H2,1-8H3. The van der Waals surface area contributed by atoms with Crippen molar-refractivity contribution in [3.63, 3.8) is 0 Å². The number of hydrogen-bond donors (Lipinski definition) is 0. The number of benzene rings is 2. The van der Waals surface area contributed by atoms with Gasteiger partial charge in [-0.05, 0) is 68.8 Å². The Kier molecular flexibility index (Phi) is 7.29. The highest BCUT2D eigenvalue weighted by atomic mass is 28.4. The minimum absolute atomic E-state index is 0.00806. The fraction of sp³-hybridized carbons (Fsp3) is 0.457. The summed E-state index contributed by atoms with van der Waals surface area (Å²) in [6.45, 7) is 16.5. The highest BCUT2D eigenvalue weighted by Crippen LogP contribution is 2.59. The van der Waals surface area contributed by atoms with E-state index < -0.39 is 20.0 Å². The molecule has 0 spiro atoms. The normalized spacial score (nSPS) is 27.9. The minimum atomic E-state index is -2.53. The lowest BCUT2D eigenvalue weighted by molar-refractivity contribution is -0.0516. The van der Waals surface area contributed by atoms with Gasteiger partial charge in [0.15, 0.2) is 11.6 Å². The van der Waals surface area contributed by atoms with Crippen molar-refractivity contribution in [3.05, 3.63) is 84.5 Å². The van der Waals surface area contributed by atoms with E-state index in [-0.39, 0.29) is 29.2 Å². The summed E-state index contributed by atoms with van der Waals surface area (Å²) in [6.07, 6.45) is 5.62.